The third-order valence-corrected chi connectivity index (χ3v) is 4.89. The highest BCUT2D eigenvalue weighted by atomic mass is 16.2. The third kappa shape index (κ3) is 2.59. The average Bonchev–Trinajstić information content (AvgIpc) is 3.18. The van der Waals surface area contributed by atoms with Crippen molar-refractivity contribution in [1.29, 1.82) is 0 Å². The predicted molar refractivity (Wildman–Crippen MR) is 80.6 cm³/mol. The number of nitrogens with one attached hydrogen (secondary N) is 2. The van der Waals surface area contributed by atoms with E-state index in [2.05, 4.69) is 22.8 Å². The Labute approximate surface area is 121 Å². The summed E-state index contributed by atoms with van der Waals surface area (Å²) in [5.74, 6) is 0.231. The Morgan fingerprint density at radius 1 is 1.20 bits per heavy atom. The van der Waals surface area contributed by atoms with Gasteiger partial charge in [-0.25, -0.2) is 0 Å². The van der Waals surface area contributed by atoms with Gasteiger partial charge < -0.3 is 10.6 Å². The van der Waals surface area contributed by atoms with Crippen LogP contribution in [0.5, 0.6) is 0 Å². The van der Waals surface area contributed by atoms with E-state index in [9.17, 15) is 4.79 Å². The summed E-state index contributed by atoms with van der Waals surface area (Å²) in [5.41, 5.74) is 0.911. The van der Waals surface area contributed by atoms with E-state index in [0.717, 1.165) is 38.8 Å². The van der Waals surface area contributed by atoms with E-state index in [1.54, 1.807) is 0 Å². The first kappa shape index (κ1) is 13.6. The lowest BCUT2D eigenvalue weighted by atomic mass is 9.78. The van der Waals surface area contributed by atoms with Crippen LogP contribution in [0, 0.1) is 0 Å². The lowest BCUT2D eigenvalue weighted by Crippen LogP contribution is -2.46. The van der Waals surface area contributed by atoms with E-state index in [-0.39, 0.29) is 11.3 Å². The molecule has 1 aliphatic carbocycles. The zero-order chi connectivity index (χ0) is 13.8. The van der Waals surface area contributed by atoms with Crippen molar-refractivity contribution in [3.8, 4) is 0 Å². The molecule has 3 rings (SSSR count). The molecule has 1 unspecified atom stereocenters. The van der Waals surface area contributed by atoms with E-state index in [1.165, 1.54) is 18.4 Å². The minimum absolute atomic E-state index is 0.231. The molecular formula is C17H24N2O. The maximum atomic E-state index is 12.8. The van der Waals surface area contributed by atoms with Gasteiger partial charge in [0.1, 0.15) is 0 Å². The van der Waals surface area contributed by atoms with Crippen molar-refractivity contribution in [1.82, 2.24) is 10.6 Å². The first-order valence-electron chi connectivity index (χ1n) is 7.88. The van der Waals surface area contributed by atoms with Crippen LogP contribution in [0.4, 0.5) is 0 Å². The smallest absolute Gasteiger partial charge is 0.230 e. The van der Waals surface area contributed by atoms with E-state index in [4.69, 9.17) is 0 Å². The second kappa shape index (κ2) is 5.96. The van der Waals surface area contributed by atoms with Crippen LogP contribution < -0.4 is 10.6 Å². The molecule has 20 heavy (non-hydrogen) atoms. The summed E-state index contributed by atoms with van der Waals surface area (Å²) < 4.78 is 0. The molecule has 1 atom stereocenters. The second-order valence-electron chi connectivity index (χ2n) is 6.16. The number of carbonyl (C=O) groups excluding carboxylic acids is 1. The summed E-state index contributed by atoms with van der Waals surface area (Å²) in [4.78, 5) is 12.8. The molecule has 1 saturated heterocycles. The molecule has 2 fully saturated rings. The number of rotatable bonds is 4. The van der Waals surface area contributed by atoms with Crippen LogP contribution in [0.25, 0.3) is 0 Å². The minimum atomic E-state index is -0.278. The number of hydrogen-bond acceptors (Lipinski definition) is 2. The summed E-state index contributed by atoms with van der Waals surface area (Å²) in [5, 5.41) is 6.64. The van der Waals surface area contributed by atoms with Gasteiger partial charge >= 0.3 is 0 Å². The zero-order valence-electron chi connectivity index (χ0n) is 12.0. The Balaban J connectivity index is 1.71. The molecular weight excluding hydrogens is 248 g/mol. The van der Waals surface area contributed by atoms with Crippen molar-refractivity contribution in [2.75, 3.05) is 13.1 Å². The number of amides is 1. The van der Waals surface area contributed by atoms with E-state index in [0.29, 0.717) is 6.04 Å². The molecule has 1 saturated carbocycles. The van der Waals surface area contributed by atoms with Gasteiger partial charge in [0, 0.05) is 12.6 Å². The van der Waals surface area contributed by atoms with Crippen molar-refractivity contribution < 1.29 is 4.79 Å². The van der Waals surface area contributed by atoms with Gasteiger partial charge in [-0.1, -0.05) is 43.2 Å². The fraction of sp³-hybridized carbons (Fsp3) is 0.588. The van der Waals surface area contributed by atoms with Crippen molar-refractivity contribution in [3.63, 3.8) is 0 Å². The topological polar surface area (TPSA) is 41.1 Å². The number of benzene rings is 1. The van der Waals surface area contributed by atoms with Gasteiger partial charge in [0.25, 0.3) is 0 Å². The largest absolute Gasteiger partial charge is 0.354 e. The van der Waals surface area contributed by atoms with Gasteiger partial charge in [-0.15, -0.1) is 0 Å². The number of hydrogen-bond donors (Lipinski definition) is 2. The molecule has 3 heteroatoms. The molecule has 0 spiro atoms. The molecule has 0 aromatic heterocycles. The summed E-state index contributed by atoms with van der Waals surface area (Å²) in [6.45, 7) is 1.86. The van der Waals surface area contributed by atoms with Gasteiger partial charge in [0.2, 0.25) is 5.91 Å². The lowest BCUT2D eigenvalue weighted by molar-refractivity contribution is -0.126. The fourth-order valence-electron chi connectivity index (χ4n) is 3.70. The van der Waals surface area contributed by atoms with Gasteiger partial charge in [0.15, 0.2) is 0 Å². The minimum Gasteiger partial charge on any atom is -0.354 e. The molecule has 2 N–H and O–H groups in total. The summed E-state index contributed by atoms with van der Waals surface area (Å²) in [6, 6.07) is 10.8. The highest BCUT2D eigenvalue weighted by molar-refractivity contribution is 5.88. The summed E-state index contributed by atoms with van der Waals surface area (Å²) in [7, 11) is 0. The molecule has 1 aliphatic heterocycles. The fourth-order valence-corrected chi connectivity index (χ4v) is 3.70. The molecule has 1 aromatic rings. The van der Waals surface area contributed by atoms with Gasteiger partial charge in [-0.3, -0.25) is 4.79 Å². The summed E-state index contributed by atoms with van der Waals surface area (Å²) >= 11 is 0. The quantitative estimate of drug-likeness (QED) is 0.883. The highest BCUT2D eigenvalue weighted by Gasteiger charge is 2.42. The molecule has 1 amide bonds. The van der Waals surface area contributed by atoms with Crippen LogP contribution >= 0.6 is 0 Å². The van der Waals surface area contributed by atoms with Crippen molar-refractivity contribution in [2.45, 2.75) is 50.0 Å². The molecule has 1 aromatic carbocycles. The van der Waals surface area contributed by atoms with Gasteiger partial charge in [-0.2, -0.15) is 0 Å². The van der Waals surface area contributed by atoms with E-state index >= 15 is 0 Å². The van der Waals surface area contributed by atoms with E-state index in [1.807, 2.05) is 18.2 Å². The van der Waals surface area contributed by atoms with Crippen LogP contribution in [0.2, 0.25) is 0 Å². The molecule has 3 nitrogen and oxygen atoms in total. The second-order valence-corrected chi connectivity index (χ2v) is 6.16. The average molecular weight is 272 g/mol. The molecule has 0 bridgehead atoms. The Morgan fingerprint density at radius 3 is 2.60 bits per heavy atom. The molecule has 0 radical (unpaired) electrons. The maximum Gasteiger partial charge on any atom is 0.230 e. The summed E-state index contributed by atoms with van der Waals surface area (Å²) in [6.07, 6.45) is 6.69. The highest BCUT2D eigenvalue weighted by Crippen LogP contribution is 2.41. The Morgan fingerprint density at radius 2 is 1.95 bits per heavy atom. The van der Waals surface area contributed by atoms with E-state index < -0.39 is 0 Å². The predicted octanol–water partition coefficient (Wildman–Crippen LogP) is 2.37. The van der Waals surface area contributed by atoms with Crippen LogP contribution in [0.1, 0.15) is 44.1 Å². The van der Waals surface area contributed by atoms with Crippen LogP contribution in [0.15, 0.2) is 30.3 Å². The molecule has 2 aliphatic rings. The Bertz CT molecular complexity index is 445. The van der Waals surface area contributed by atoms with Crippen molar-refractivity contribution >= 4 is 5.91 Å². The maximum absolute atomic E-state index is 12.8. The van der Waals surface area contributed by atoms with Crippen LogP contribution in [0.3, 0.4) is 0 Å². The standard InChI is InChI=1S/C17H24N2O/c20-16(19-13-15-9-6-12-18-15)17(10-4-5-11-17)14-7-2-1-3-8-14/h1-3,7-8,15,18H,4-6,9-13H2,(H,19,20). The number of carbonyl (C=O) groups is 1. The zero-order valence-corrected chi connectivity index (χ0v) is 12.0. The monoisotopic (exact) mass is 272 g/mol. The van der Waals surface area contributed by atoms with Crippen molar-refractivity contribution in [2.24, 2.45) is 0 Å². The first-order valence-corrected chi connectivity index (χ1v) is 7.88. The van der Waals surface area contributed by atoms with Gasteiger partial charge in [0.05, 0.1) is 5.41 Å². The van der Waals surface area contributed by atoms with Crippen molar-refractivity contribution in [3.05, 3.63) is 35.9 Å². The normalized spacial score (nSPS) is 24.7. The van der Waals surface area contributed by atoms with Gasteiger partial charge in [-0.05, 0) is 37.8 Å². The SMILES string of the molecule is O=C(NCC1CCCN1)C1(c2ccccc2)CCCC1. The van der Waals surface area contributed by atoms with Crippen LogP contribution in [-0.2, 0) is 10.2 Å². The van der Waals surface area contributed by atoms with Crippen LogP contribution in [-0.4, -0.2) is 25.0 Å². The molecule has 1 heterocycles. The lowest BCUT2D eigenvalue weighted by Gasteiger charge is -2.29. The molecule has 108 valence electrons. The Hall–Kier alpha value is -1.35. The first-order chi connectivity index (χ1) is 9.81. The third-order valence-electron chi connectivity index (χ3n) is 4.89. The Kier molecular flexibility index (Phi) is 4.06.